The molecule has 2 fully saturated rings. The zero-order valence-corrected chi connectivity index (χ0v) is 33.2. The summed E-state index contributed by atoms with van der Waals surface area (Å²) in [6, 6.07) is 16.8. The highest BCUT2D eigenvalue weighted by Gasteiger charge is 2.27. The maximum Gasteiger partial charge on any atom is 0.325 e. The fourth-order valence-corrected chi connectivity index (χ4v) is 6.11. The molecule has 0 spiro atoms. The summed E-state index contributed by atoms with van der Waals surface area (Å²) in [6.45, 7) is 2.82. The molecule has 3 aromatic heterocycles. The van der Waals surface area contributed by atoms with E-state index < -0.39 is 48.6 Å². The van der Waals surface area contributed by atoms with Crippen LogP contribution in [0.15, 0.2) is 89.6 Å². The average Bonchev–Trinajstić information content (AvgIpc) is 3.81. The van der Waals surface area contributed by atoms with E-state index in [4.69, 9.17) is 13.9 Å². The molecule has 5 amide bonds. The van der Waals surface area contributed by atoms with Crippen molar-refractivity contribution in [2.45, 2.75) is 25.9 Å². The van der Waals surface area contributed by atoms with Gasteiger partial charge in [-0.2, -0.15) is 17.6 Å². The smallest absolute Gasteiger partial charge is 0.325 e. The number of hydrogen-bond donors (Lipinski definition) is 1. The molecule has 2 saturated heterocycles. The van der Waals surface area contributed by atoms with Crippen LogP contribution >= 0.6 is 0 Å². The predicted octanol–water partition coefficient (Wildman–Crippen LogP) is 5.91. The summed E-state index contributed by atoms with van der Waals surface area (Å²) in [7, 11) is 0. The van der Waals surface area contributed by atoms with Crippen molar-refractivity contribution in [1.29, 1.82) is 0 Å². The van der Waals surface area contributed by atoms with Gasteiger partial charge in [-0.05, 0) is 60.7 Å². The van der Waals surface area contributed by atoms with Crippen LogP contribution in [0.1, 0.15) is 34.1 Å². The van der Waals surface area contributed by atoms with Crippen LogP contribution in [0.3, 0.4) is 0 Å². The fourth-order valence-electron chi connectivity index (χ4n) is 6.11. The van der Waals surface area contributed by atoms with E-state index in [2.05, 4.69) is 20.2 Å². The van der Waals surface area contributed by atoms with Crippen molar-refractivity contribution < 1.29 is 59.4 Å². The van der Waals surface area contributed by atoms with E-state index >= 15 is 0 Å². The van der Waals surface area contributed by atoms with Crippen LogP contribution in [0.2, 0.25) is 0 Å². The molecule has 1 N–H and O–H groups in total. The van der Waals surface area contributed by atoms with Gasteiger partial charge in [-0.3, -0.25) is 29.4 Å². The number of hydrogen-bond acceptors (Lipinski definition) is 11. The van der Waals surface area contributed by atoms with E-state index in [-0.39, 0.29) is 36.6 Å². The van der Waals surface area contributed by atoms with E-state index in [0.29, 0.717) is 80.9 Å². The number of benzene rings is 2. The number of ketones is 1. The highest BCUT2D eigenvalue weighted by molar-refractivity contribution is 5.99. The van der Waals surface area contributed by atoms with E-state index in [1.807, 2.05) is 5.32 Å². The Morgan fingerprint density at radius 2 is 1.21 bits per heavy atom. The Morgan fingerprint density at radius 1 is 0.683 bits per heavy atom. The van der Waals surface area contributed by atoms with Crippen LogP contribution in [-0.2, 0) is 27.4 Å². The van der Waals surface area contributed by atoms with Gasteiger partial charge >= 0.3 is 24.9 Å². The van der Waals surface area contributed by atoms with Gasteiger partial charge in [-0.25, -0.2) is 18.4 Å². The number of rotatable bonds is 12. The minimum absolute atomic E-state index is 0.0102. The second kappa shape index (κ2) is 21.7. The van der Waals surface area contributed by atoms with Crippen molar-refractivity contribution in [3.8, 4) is 11.5 Å². The minimum Gasteiger partial charge on any atom is -0.415 e. The molecule has 22 heteroatoms. The molecule has 2 aromatic carbocycles. The molecule has 332 valence electrons. The summed E-state index contributed by atoms with van der Waals surface area (Å²) >= 11 is 0. The average molecular weight is 884 g/mol. The normalized spacial score (nSPS) is 13.9. The van der Waals surface area contributed by atoms with Crippen LogP contribution in [0.4, 0.5) is 47.3 Å². The summed E-state index contributed by atoms with van der Waals surface area (Å²) in [6.07, 6.45) is -3.45. The first-order valence-electron chi connectivity index (χ1n) is 19.3. The Labute approximate surface area is 355 Å². The first kappa shape index (κ1) is 45.6. The number of carbonyl (C=O) groups is 4. The zero-order valence-electron chi connectivity index (χ0n) is 33.2. The first-order valence-corrected chi connectivity index (χ1v) is 19.3. The Morgan fingerprint density at radius 3 is 1.63 bits per heavy atom. The highest BCUT2D eigenvalue weighted by atomic mass is 19.3. The fraction of sp³-hybridized carbons (Fsp3) is 0.317. The molecule has 2 aliphatic heterocycles. The Bertz CT molecular complexity index is 2330. The molecule has 5 aromatic rings. The molecular formula is C41H39F6N9O7. The number of amides is 5. The van der Waals surface area contributed by atoms with E-state index in [1.165, 1.54) is 70.7 Å². The molecule has 0 saturated carbocycles. The van der Waals surface area contributed by atoms with Crippen LogP contribution < -0.4 is 15.1 Å². The molecule has 63 heavy (non-hydrogen) atoms. The summed E-state index contributed by atoms with van der Waals surface area (Å²) in [5.74, 6) is -3.94. The molecule has 0 bridgehead atoms. The van der Waals surface area contributed by atoms with Crippen molar-refractivity contribution in [2.75, 3.05) is 69.0 Å². The quantitative estimate of drug-likeness (QED) is 0.116. The number of morpholine rings is 2. The van der Waals surface area contributed by atoms with Gasteiger partial charge in [-0.1, -0.05) is 12.1 Å². The Hall–Kier alpha value is -6.94. The summed E-state index contributed by atoms with van der Waals surface area (Å²) in [4.78, 5) is 63.6. The third-order valence-corrected chi connectivity index (χ3v) is 9.37. The Kier molecular flexibility index (Phi) is 15.7. The van der Waals surface area contributed by atoms with E-state index in [9.17, 15) is 45.5 Å². The zero-order chi connectivity index (χ0) is 44.9. The molecule has 0 radical (unpaired) electrons. The number of aromatic nitrogens is 4. The summed E-state index contributed by atoms with van der Waals surface area (Å²) in [5, 5.41) is 8.71. The van der Waals surface area contributed by atoms with Crippen molar-refractivity contribution in [1.82, 2.24) is 35.3 Å². The van der Waals surface area contributed by atoms with Crippen LogP contribution in [0, 0.1) is 11.6 Å². The second-order valence-corrected chi connectivity index (χ2v) is 13.7. The lowest BCUT2D eigenvalue weighted by Crippen LogP contribution is -2.48. The number of alkyl halides is 4. The number of urea groups is 2. The van der Waals surface area contributed by atoms with Crippen LogP contribution in [-0.4, -0.2) is 119 Å². The number of pyridine rings is 2. The molecule has 0 aliphatic carbocycles. The van der Waals surface area contributed by atoms with Gasteiger partial charge in [0.2, 0.25) is 5.89 Å². The lowest BCUT2D eigenvalue weighted by molar-refractivity contribution is -0.131. The number of ether oxygens (including phenoxy) is 2. The third-order valence-electron chi connectivity index (χ3n) is 9.37. The molecule has 2 aliphatic rings. The predicted molar refractivity (Wildman–Crippen MR) is 211 cm³/mol. The molecule has 0 atom stereocenters. The first-order chi connectivity index (χ1) is 30.4. The van der Waals surface area contributed by atoms with Crippen molar-refractivity contribution >= 4 is 35.1 Å². The summed E-state index contributed by atoms with van der Waals surface area (Å²) < 4.78 is 92.8. The topological polar surface area (TPSA) is 176 Å². The largest absolute Gasteiger partial charge is 0.415 e. The van der Waals surface area contributed by atoms with Gasteiger partial charge in [0, 0.05) is 55.5 Å². The van der Waals surface area contributed by atoms with Crippen molar-refractivity contribution in [2.24, 2.45) is 0 Å². The van der Waals surface area contributed by atoms with Crippen molar-refractivity contribution in [3.63, 3.8) is 0 Å². The number of nitrogens with one attached hydrogen (secondary N) is 1. The minimum atomic E-state index is -3.21. The SMILES string of the molecule is O=C(CNC(=O)C(F)F)c1ccc(CN(C(=O)N2CCOCC2)c2cccc(F)c2)nc1.O=C(N1CCOCC1)N(Cc1ccc(-c2nnc(C(F)F)o2)cn1)c1cccc(F)c1. The second-order valence-electron chi connectivity index (χ2n) is 13.7. The monoisotopic (exact) mass is 883 g/mol. The standard InChI is InChI=1S/C21H21F3N4O4.C20H18F3N5O3/c22-15-2-1-3-17(10-15)28(21(31)27-6-8-32-9-7-27)13-16-5-4-14(11-25-16)18(29)12-26-20(30)19(23)24;21-14-2-1-3-16(10-14)28(20(29)27-6-8-30-9-7-27)12-15-5-4-13(11-24-15)18-25-26-19(31-18)17(22)23/h1-5,10-11,19H,6-9,12-13H2,(H,26,30);1-5,10-11,17H,6-9,12H2. The number of anilines is 2. The van der Waals surface area contributed by atoms with E-state index in [0.717, 1.165) is 0 Å². The van der Waals surface area contributed by atoms with Gasteiger partial charge < -0.3 is 29.0 Å². The molecule has 5 heterocycles. The maximum absolute atomic E-state index is 13.8. The summed E-state index contributed by atoms with van der Waals surface area (Å²) in [5.41, 5.74) is 2.13. The third kappa shape index (κ3) is 12.6. The van der Waals surface area contributed by atoms with Crippen molar-refractivity contribution in [3.05, 3.63) is 120 Å². The number of carbonyl (C=O) groups excluding carboxylic acids is 4. The van der Waals surface area contributed by atoms with Crippen LogP contribution in [0.25, 0.3) is 11.5 Å². The molecule has 0 unspecified atom stereocenters. The van der Waals surface area contributed by atoms with Crippen LogP contribution in [0.5, 0.6) is 0 Å². The van der Waals surface area contributed by atoms with Gasteiger partial charge in [0.15, 0.2) is 5.78 Å². The number of halogens is 6. The highest BCUT2D eigenvalue weighted by Crippen LogP contribution is 2.25. The molecular weight excluding hydrogens is 844 g/mol. The molecule has 16 nitrogen and oxygen atoms in total. The molecule has 7 rings (SSSR count). The van der Waals surface area contributed by atoms with Gasteiger partial charge in [0.25, 0.3) is 11.8 Å². The van der Waals surface area contributed by atoms with Gasteiger partial charge in [0.05, 0.1) is 63.0 Å². The van der Waals surface area contributed by atoms with Gasteiger partial charge in [-0.15, -0.1) is 10.2 Å². The number of nitrogens with zero attached hydrogens (tertiary/aromatic N) is 8. The number of Topliss-reactive ketones (excluding diaryl/α,β-unsaturated/α-hetero) is 1. The Balaban J connectivity index is 0.000000210. The lowest BCUT2D eigenvalue weighted by atomic mass is 10.1. The lowest BCUT2D eigenvalue weighted by Gasteiger charge is -2.33. The maximum atomic E-state index is 13.8. The van der Waals surface area contributed by atoms with E-state index in [1.54, 1.807) is 34.1 Å². The van der Waals surface area contributed by atoms with Gasteiger partial charge in [0.1, 0.15) is 11.6 Å².